The fourth-order valence-electron chi connectivity index (χ4n) is 2.06. The average molecular weight is 272 g/mol. The molecule has 3 heteroatoms. The number of fused-ring (bicyclic) bond motifs is 1. The monoisotopic (exact) mass is 272 g/mol. The first-order valence-corrected chi connectivity index (χ1v) is 7.29. The zero-order valence-corrected chi connectivity index (χ0v) is 12.8. The van der Waals surface area contributed by atoms with Gasteiger partial charge in [0, 0.05) is 29.6 Å². The summed E-state index contributed by atoms with van der Waals surface area (Å²) in [6.45, 7) is 10.2. The Kier molecular flexibility index (Phi) is 4.96. The minimum atomic E-state index is 0.470. The maximum Gasteiger partial charge on any atom is 0.145 e. The largest absolute Gasteiger partial charge is 0.491 e. The third-order valence-corrected chi connectivity index (χ3v) is 3.22. The van der Waals surface area contributed by atoms with E-state index in [0.717, 1.165) is 28.9 Å². The first-order valence-electron chi connectivity index (χ1n) is 7.29. The fraction of sp³-hybridized carbons (Fsp3) is 0.471. The second kappa shape index (κ2) is 6.71. The Balaban J connectivity index is 2.04. The van der Waals surface area contributed by atoms with Gasteiger partial charge >= 0.3 is 0 Å². The van der Waals surface area contributed by atoms with Crippen LogP contribution < -0.4 is 10.1 Å². The van der Waals surface area contributed by atoms with Crippen LogP contribution in [-0.4, -0.2) is 24.2 Å². The van der Waals surface area contributed by atoms with E-state index in [1.165, 1.54) is 0 Å². The number of aromatic nitrogens is 1. The van der Waals surface area contributed by atoms with E-state index in [0.29, 0.717) is 18.6 Å². The van der Waals surface area contributed by atoms with Crippen LogP contribution in [0.15, 0.2) is 30.3 Å². The standard InChI is InChI=1S/C17H24N2O/c1-12(2)18-10-13(3)11-20-16-7-5-6-15-9-8-14(4)19-17(15)16/h5-9,12-13,18H,10-11H2,1-4H3. The number of rotatable bonds is 6. The van der Waals surface area contributed by atoms with Crippen molar-refractivity contribution < 1.29 is 4.74 Å². The van der Waals surface area contributed by atoms with Gasteiger partial charge in [0.15, 0.2) is 0 Å². The Morgan fingerprint density at radius 2 is 1.95 bits per heavy atom. The van der Waals surface area contributed by atoms with E-state index in [-0.39, 0.29) is 0 Å². The lowest BCUT2D eigenvalue weighted by Crippen LogP contribution is -2.30. The molecule has 108 valence electrons. The lowest BCUT2D eigenvalue weighted by molar-refractivity contribution is 0.255. The molecule has 0 spiro atoms. The van der Waals surface area contributed by atoms with Crippen LogP contribution in [0.5, 0.6) is 5.75 Å². The molecule has 2 rings (SSSR count). The predicted octanol–water partition coefficient (Wildman–Crippen LogP) is 3.56. The minimum Gasteiger partial charge on any atom is -0.491 e. The molecule has 0 bridgehead atoms. The summed E-state index contributed by atoms with van der Waals surface area (Å²) in [4.78, 5) is 4.59. The maximum absolute atomic E-state index is 5.97. The highest BCUT2D eigenvalue weighted by molar-refractivity contribution is 5.84. The van der Waals surface area contributed by atoms with Gasteiger partial charge in [0.1, 0.15) is 11.3 Å². The number of pyridine rings is 1. The van der Waals surface area contributed by atoms with E-state index in [1.54, 1.807) is 0 Å². The van der Waals surface area contributed by atoms with Crippen LogP contribution in [0.1, 0.15) is 26.5 Å². The van der Waals surface area contributed by atoms with Gasteiger partial charge < -0.3 is 10.1 Å². The van der Waals surface area contributed by atoms with Gasteiger partial charge in [-0.05, 0) is 19.1 Å². The van der Waals surface area contributed by atoms with Gasteiger partial charge in [-0.15, -0.1) is 0 Å². The summed E-state index contributed by atoms with van der Waals surface area (Å²) >= 11 is 0. The van der Waals surface area contributed by atoms with Gasteiger partial charge in [-0.1, -0.05) is 39.0 Å². The fourth-order valence-corrected chi connectivity index (χ4v) is 2.06. The molecule has 0 radical (unpaired) electrons. The average Bonchev–Trinajstić information content (AvgIpc) is 2.42. The molecule has 1 aromatic heterocycles. The van der Waals surface area contributed by atoms with Crippen LogP contribution in [0.2, 0.25) is 0 Å². The third-order valence-electron chi connectivity index (χ3n) is 3.22. The second-order valence-electron chi connectivity index (χ2n) is 5.76. The molecule has 1 N–H and O–H groups in total. The predicted molar refractivity (Wildman–Crippen MR) is 84.3 cm³/mol. The second-order valence-corrected chi connectivity index (χ2v) is 5.76. The molecule has 0 saturated heterocycles. The Hall–Kier alpha value is -1.61. The van der Waals surface area contributed by atoms with Crippen LogP contribution in [-0.2, 0) is 0 Å². The van der Waals surface area contributed by atoms with Crippen LogP contribution in [0.4, 0.5) is 0 Å². The normalized spacial score (nSPS) is 12.8. The Morgan fingerprint density at radius 1 is 1.15 bits per heavy atom. The molecule has 0 aliphatic carbocycles. The summed E-state index contributed by atoms with van der Waals surface area (Å²) in [5.74, 6) is 1.35. The third kappa shape index (κ3) is 3.94. The van der Waals surface area contributed by atoms with Gasteiger partial charge in [-0.3, -0.25) is 0 Å². The zero-order chi connectivity index (χ0) is 14.5. The van der Waals surface area contributed by atoms with Gasteiger partial charge in [-0.25, -0.2) is 4.98 Å². The molecule has 1 heterocycles. The Labute approximate surface area is 121 Å². The molecule has 0 aliphatic heterocycles. The van der Waals surface area contributed by atoms with Gasteiger partial charge in [0.25, 0.3) is 0 Å². The van der Waals surface area contributed by atoms with Crippen molar-refractivity contribution in [1.29, 1.82) is 0 Å². The van der Waals surface area contributed by atoms with Crippen molar-refractivity contribution in [2.75, 3.05) is 13.2 Å². The molecule has 1 atom stereocenters. The summed E-state index contributed by atoms with van der Waals surface area (Å²) in [6.07, 6.45) is 0. The number of benzene rings is 1. The van der Waals surface area contributed by atoms with Crippen molar-refractivity contribution in [3.8, 4) is 5.75 Å². The Morgan fingerprint density at radius 3 is 2.70 bits per heavy atom. The first kappa shape index (κ1) is 14.8. The van der Waals surface area contributed by atoms with Crippen molar-refractivity contribution in [2.45, 2.75) is 33.7 Å². The summed E-state index contributed by atoms with van der Waals surface area (Å²) < 4.78 is 5.97. The molecule has 2 aromatic rings. The van der Waals surface area contributed by atoms with E-state index in [4.69, 9.17) is 4.74 Å². The summed E-state index contributed by atoms with van der Waals surface area (Å²) in [5, 5.41) is 4.56. The SMILES string of the molecule is Cc1ccc2cccc(OCC(C)CNC(C)C)c2n1. The molecule has 0 fully saturated rings. The van der Waals surface area contributed by atoms with Gasteiger partial charge in [0.2, 0.25) is 0 Å². The molecule has 1 unspecified atom stereocenters. The highest BCUT2D eigenvalue weighted by Crippen LogP contribution is 2.24. The first-order chi connectivity index (χ1) is 9.56. The number of hydrogen-bond acceptors (Lipinski definition) is 3. The summed E-state index contributed by atoms with van der Waals surface area (Å²) in [5.41, 5.74) is 1.97. The van der Waals surface area contributed by atoms with Crippen molar-refractivity contribution in [1.82, 2.24) is 10.3 Å². The number of nitrogens with zero attached hydrogens (tertiary/aromatic N) is 1. The van der Waals surface area contributed by atoms with Crippen LogP contribution in [0, 0.1) is 12.8 Å². The van der Waals surface area contributed by atoms with E-state index < -0.39 is 0 Å². The van der Waals surface area contributed by atoms with Crippen molar-refractivity contribution in [3.63, 3.8) is 0 Å². The van der Waals surface area contributed by atoms with E-state index in [1.807, 2.05) is 25.1 Å². The number of nitrogens with one attached hydrogen (secondary N) is 1. The van der Waals surface area contributed by atoms with Crippen molar-refractivity contribution >= 4 is 10.9 Å². The lowest BCUT2D eigenvalue weighted by atomic mass is 10.1. The molecule has 0 saturated carbocycles. The van der Waals surface area contributed by atoms with Crippen molar-refractivity contribution in [2.24, 2.45) is 5.92 Å². The van der Waals surface area contributed by atoms with Gasteiger partial charge in [-0.2, -0.15) is 0 Å². The van der Waals surface area contributed by atoms with Crippen LogP contribution >= 0.6 is 0 Å². The molecule has 20 heavy (non-hydrogen) atoms. The molecule has 0 amide bonds. The molecule has 3 nitrogen and oxygen atoms in total. The van der Waals surface area contributed by atoms with E-state index >= 15 is 0 Å². The molecule has 1 aromatic carbocycles. The topological polar surface area (TPSA) is 34.1 Å². The zero-order valence-electron chi connectivity index (χ0n) is 12.8. The van der Waals surface area contributed by atoms with E-state index in [2.05, 4.69) is 43.2 Å². The number of para-hydroxylation sites is 1. The number of ether oxygens (including phenoxy) is 1. The van der Waals surface area contributed by atoms with Crippen molar-refractivity contribution in [3.05, 3.63) is 36.0 Å². The number of hydrogen-bond donors (Lipinski definition) is 1. The summed E-state index contributed by atoms with van der Waals surface area (Å²) in [6, 6.07) is 10.7. The lowest BCUT2D eigenvalue weighted by Gasteiger charge is -2.16. The van der Waals surface area contributed by atoms with Crippen LogP contribution in [0.25, 0.3) is 10.9 Å². The Bertz CT molecular complexity index is 566. The highest BCUT2D eigenvalue weighted by Gasteiger charge is 2.07. The maximum atomic E-state index is 5.97. The minimum absolute atomic E-state index is 0.470. The van der Waals surface area contributed by atoms with Crippen LogP contribution in [0.3, 0.4) is 0 Å². The molecular weight excluding hydrogens is 248 g/mol. The summed E-state index contributed by atoms with van der Waals surface area (Å²) in [7, 11) is 0. The van der Waals surface area contributed by atoms with Gasteiger partial charge in [0.05, 0.1) is 6.61 Å². The van der Waals surface area contributed by atoms with E-state index in [9.17, 15) is 0 Å². The number of aryl methyl sites for hydroxylation is 1. The quantitative estimate of drug-likeness (QED) is 0.873. The smallest absolute Gasteiger partial charge is 0.145 e. The highest BCUT2D eigenvalue weighted by atomic mass is 16.5. The molecule has 0 aliphatic rings. The molecular formula is C17H24N2O.